The summed E-state index contributed by atoms with van der Waals surface area (Å²) in [5, 5.41) is 0. The van der Waals surface area contributed by atoms with Gasteiger partial charge in [-0.05, 0) is 42.3 Å². The Labute approximate surface area is 141 Å². The molecule has 0 fully saturated rings. The van der Waals surface area contributed by atoms with E-state index in [-0.39, 0.29) is 4.90 Å². The second-order valence-electron chi connectivity index (χ2n) is 5.38. The van der Waals surface area contributed by atoms with Gasteiger partial charge >= 0.3 is 0 Å². The van der Waals surface area contributed by atoms with E-state index in [1.165, 1.54) is 0 Å². The summed E-state index contributed by atoms with van der Waals surface area (Å²) in [5.41, 5.74) is 2.34. The highest BCUT2D eigenvalue weighted by Gasteiger charge is 2.16. The maximum absolute atomic E-state index is 12.6. The highest BCUT2D eigenvalue weighted by molar-refractivity contribution is 7.92. The molecule has 0 saturated heterocycles. The van der Waals surface area contributed by atoms with E-state index in [1.54, 1.807) is 43.5 Å². The molecule has 0 aliphatic carbocycles. The van der Waals surface area contributed by atoms with Crippen molar-refractivity contribution in [2.75, 3.05) is 4.72 Å². The van der Waals surface area contributed by atoms with Crippen molar-refractivity contribution in [3.63, 3.8) is 0 Å². The van der Waals surface area contributed by atoms with E-state index < -0.39 is 10.0 Å². The highest BCUT2D eigenvalue weighted by Crippen LogP contribution is 2.24. The van der Waals surface area contributed by atoms with Crippen molar-refractivity contribution >= 4 is 15.7 Å². The van der Waals surface area contributed by atoms with Gasteiger partial charge in [0.2, 0.25) is 0 Å². The predicted octanol–water partition coefficient (Wildman–Crippen LogP) is 4.01. The number of rotatable bonds is 5. The first-order valence-corrected chi connectivity index (χ1v) is 9.11. The molecule has 3 aromatic rings. The first kappa shape index (κ1) is 16.3. The smallest absolute Gasteiger partial charge is 0.261 e. The van der Waals surface area contributed by atoms with Crippen molar-refractivity contribution in [3.05, 3.63) is 66.2 Å². The first-order valence-electron chi connectivity index (χ1n) is 7.63. The number of nitrogens with zero attached hydrogens (tertiary/aromatic N) is 1. The van der Waals surface area contributed by atoms with Crippen molar-refractivity contribution in [3.8, 4) is 11.3 Å². The number of para-hydroxylation sites is 1. The second kappa shape index (κ2) is 6.49. The molecule has 0 spiro atoms. The molecule has 0 aliphatic rings. The molecule has 24 heavy (non-hydrogen) atoms. The average molecular weight is 342 g/mol. The summed E-state index contributed by atoms with van der Waals surface area (Å²) >= 11 is 0. The Balaban J connectivity index is 1.87. The standard InChI is InChI=1S/C18H18N2O3S/c1-3-14-6-4-5-7-17(14)20-24(21,22)16-10-8-15(9-11-16)18-12-19-13(2)23-18/h4-12,20H,3H2,1-2H3. The number of benzene rings is 2. The lowest BCUT2D eigenvalue weighted by Gasteiger charge is -2.11. The SMILES string of the molecule is CCc1ccccc1NS(=O)(=O)c1ccc(-c2cnc(C)o2)cc1. The second-order valence-corrected chi connectivity index (χ2v) is 7.07. The fourth-order valence-corrected chi connectivity index (χ4v) is 3.53. The van der Waals surface area contributed by atoms with Crippen molar-refractivity contribution in [2.24, 2.45) is 0 Å². The fourth-order valence-electron chi connectivity index (χ4n) is 2.43. The monoisotopic (exact) mass is 342 g/mol. The number of oxazole rings is 1. The van der Waals surface area contributed by atoms with Crippen LogP contribution in [0.1, 0.15) is 18.4 Å². The quantitative estimate of drug-likeness (QED) is 0.760. The van der Waals surface area contributed by atoms with Gasteiger partial charge in [-0.25, -0.2) is 13.4 Å². The van der Waals surface area contributed by atoms with Crippen LogP contribution in [0.4, 0.5) is 5.69 Å². The van der Waals surface area contributed by atoms with Gasteiger partial charge in [0.15, 0.2) is 11.7 Å². The van der Waals surface area contributed by atoms with E-state index in [0.717, 1.165) is 17.5 Å². The summed E-state index contributed by atoms with van der Waals surface area (Å²) in [6.45, 7) is 3.75. The number of aromatic nitrogens is 1. The van der Waals surface area contributed by atoms with Crippen LogP contribution < -0.4 is 4.72 Å². The molecule has 1 N–H and O–H groups in total. The molecule has 0 bridgehead atoms. The van der Waals surface area contributed by atoms with Crippen molar-refractivity contribution in [1.29, 1.82) is 0 Å². The molecule has 0 saturated carbocycles. The minimum atomic E-state index is -3.64. The highest BCUT2D eigenvalue weighted by atomic mass is 32.2. The molecule has 3 rings (SSSR count). The van der Waals surface area contributed by atoms with Crippen LogP contribution in [0.3, 0.4) is 0 Å². The van der Waals surface area contributed by atoms with Gasteiger partial charge in [0.05, 0.1) is 16.8 Å². The van der Waals surface area contributed by atoms with E-state index >= 15 is 0 Å². The van der Waals surface area contributed by atoms with Crippen LogP contribution in [-0.4, -0.2) is 13.4 Å². The number of anilines is 1. The molecule has 0 atom stereocenters. The van der Waals surface area contributed by atoms with Gasteiger partial charge in [-0.2, -0.15) is 0 Å². The molecular formula is C18H18N2O3S. The van der Waals surface area contributed by atoms with Crippen molar-refractivity contribution in [1.82, 2.24) is 4.98 Å². The molecule has 0 aliphatic heterocycles. The van der Waals surface area contributed by atoms with Gasteiger partial charge in [-0.1, -0.05) is 25.1 Å². The van der Waals surface area contributed by atoms with Crippen LogP contribution in [0.15, 0.2) is 64.0 Å². The van der Waals surface area contributed by atoms with Crippen molar-refractivity contribution < 1.29 is 12.8 Å². The summed E-state index contributed by atoms with van der Waals surface area (Å²) in [7, 11) is -3.64. The van der Waals surface area contributed by atoms with E-state index in [0.29, 0.717) is 17.3 Å². The van der Waals surface area contributed by atoms with Gasteiger partial charge in [-0.3, -0.25) is 4.72 Å². The van der Waals surface area contributed by atoms with E-state index in [9.17, 15) is 8.42 Å². The molecule has 0 unspecified atom stereocenters. The molecule has 6 heteroatoms. The summed E-state index contributed by atoms with van der Waals surface area (Å²) in [5.74, 6) is 1.18. The lowest BCUT2D eigenvalue weighted by Crippen LogP contribution is -2.14. The lowest BCUT2D eigenvalue weighted by molar-refractivity contribution is 0.534. The summed E-state index contributed by atoms with van der Waals surface area (Å²) < 4.78 is 33.2. The Bertz CT molecular complexity index is 944. The van der Waals surface area contributed by atoms with Crippen LogP contribution in [0.25, 0.3) is 11.3 Å². The number of nitrogens with one attached hydrogen (secondary N) is 1. The summed E-state index contributed by atoms with van der Waals surface area (Å²) in [6, 6.07) is 13.9. The van der Waals surface area contributed by atoms with E-state index in [1.807, 2.05) is 25.1 Å². The largest absolute Gasteiger partial charge is 0.441 e. The Kier molecular flexibility index (Phi) is 4.40. The van der Waals surface area contributed by atoms with E-state index in [2.05, 4.69) is 9.71 Å². The number of sulfonamides is 1. The minimum Gasteiger partial charge on any atom is -0.441 e. The van der Waals surface area contributed by atoms with Crippen LogP contribution in [-0.2, 0) is 16.4 Å². The van der Waals surface area contributed by atoms with Crippen LogP contribution in [0, 0.1) is 6.92 Å². The Morgan fingerprint density at radius 1 is 1.08 bits per heavy atom. The molecule has 0 radical (unpaired) electrons. The van der Waals surface area contributed by atoms with E-state index in [4.69, 9.17) is 4.42 Å². The predicted molar refractivity (Wildman–Crippen MR) is 93.3 cm³/mol. The van der Waals surface area contributed by atoms with Gasteiger partial charge in [0, 0.05) is 12.5 Å². The number of hydrogen-bond donors (Lipinski definition) is 1. The van der Waals surface area contributed by atoms with Gasteiger partial charge in [-0.15, -0.1) is 0 Å². The van der Waals surface area contributed by atoms with Gasteiger partial charge in [0.25, 0.3) is 10.0 Å². The van der Waals surface area contributed by atoms with Crippen LogP contribution >= 0.6 is 0 Å². The average Bonchev–Trinajstić information content (AvgIpc) is 3.02. The van der Waals surface area contributed by atoms with Crippen LogP contribution in [0.2, 0.25) is 0 Å². The molecule has 0 amide bonds. The maximum atomic E-state index is 12.6. The Morgan fingerprint density at radius 2 is 1.79 bits per heavy atom. The van der Waals surface area contributed by atoms with Crippen molar-refractivity contribution in [2.45, 2.75) is 25.2 Å². The fraction of sp³-hybridized carbons (Fsp3) is 0.167. The third-order valence-electron chi connectivity index (χ3n) is 3.71. The first-order chi connectivity index (χ1) is 11.5. The van der Waals surface area contributed by atoms with Gasteiger partial charge < -0.3 is 4.42 Å². The third-order valence-corrected chi connectivity index (χ3v) is 5.09. The van der Waals surface area contributed by atoms with Crippen LogP contribution in [0.5, 0.6) is 0 Å². The summed E-state index contributed by atoms with van der Waals surface area (Å²) in [6.07, 6.45) is 2.37. The summed E-state index contributed by atoms with van der Waals surface area (Å²) in [4.78, 5) is 4.24. The number of hydrogen-bond acceptors (Lipinski definition) is 4. The zero-order chi connectivity index (χ0) is 17.2. The molecule has 124 valence electrons. The zero-order valence-electron chi connectivity index (χ0n) is 13.5. The number of aryl methyl sites for hydroxylation is 2. The van der Waals surface area contributed by atoms with Gasteiger partial charge in [0.1, 0.15) is 0 Å². The topological polar surface area (TPSA) is 72.2 Å². The Morgan fingerprint density at radius 3 is 2.42 bits per heavy atom. The molecule has 1 heterocycles. The zero-order valence-corrected chi connectivity index (χ0v) is 14.3. The third kappa shape index (κ3) is 3.33. The molecule has 1 aromatic heterocycles. The minimum absolute atomic E-state index is 0.202. The molecule has 2 aromatic carbocycles. The maximum Gasteiger partial charge on any atom is 0.261 e. The Hall–Kier alpha value is -2.60. The molecule has 5 nitrogen and oxygen atoms in total. The molecular weight excluding hydrogens is 324 g/mol. The lowest BCUT2D eigenvalue weighted by atomic mass is 10.1. The normalized spacial score (nSPS) is 11.4.